The Balaban J connectivity index is 1.64. The first-order valence-electron chi connectivity index (χ1n) is 7.34. The van der Waals surface area contributed by atoms with Crippen molar-refractivity contribution >= 4 is 11.4 Å². The molecule has 0 bridgehead atoms. The maximum Gasteiger partial charge on any atom is 0.292 e. The van der Waals surface area contributed by atoms with Crippen LogP contribution in [0.2, 0.25) is 0 Å². The summed E-state index contributed by atoms with van der Waals surface area (Å²) in [6.45, 7) is 4.16. The second-order valence-electron chi connectivity index (χ2n) is 5.33. The normalized spacial score (nSPS) is 15.7. The van der Waals surface area contributed by atoms with Gasteiger partial charge in [-0.2, -0.15) is 0 Å². The van der Waals surface area contributed by atoms with Crippen LogP contribution in [-0.4, -0.2) is 41.0 Å². The van der Waals surface area contributed by atoms with Gasteiger partial charge in [0.1, 0.15) is 5.69 Å². The SMILES string of the molecule is O=[N+]([O-])c1ccccc1N1CCN(Cc2ccccn2)CC1. The molecule has 6 heteroatoms. The Hall–Kier alpha value is -2.47. The molecule has 1 aliphatic rings. The molecular weight excluding hydrogens is 280 g/mol. The molecule has 1 saturated heterocycles. The first-order chi connectivity index (χ1) is 10.7. The summed E-state index contributed by atoms with van der Waals surface area (Å²) in [6.07, 6.45) is 1.80. The van der Waals surface area contributed by atoms with Crippen LogP contribution in [0, 0.1) is 10.1 Å². The van der Waals surface area contributed by atoms with Crippen LogP contribution in [0.1, 0.15) is 5.69 Å². The van der Waals surface area contributed by atoms with Gasteiger partial charge in [-0.25, -0.2) is 0 Å². The summed E-state index contributed by atoms with van der Waals surface area (Å²) in [5.74, 6) is 0. The van der Waals surface area contributed by atoms with Crippen molar-refractivity contribution < 1.29 is 4.92 Å². The molecule has 2 aromatic rings. The molecule has 1 fully saturated rings. The zero-order valence-corrected chi connectivity index (χ0v) is 12.3. The maximum atomic E-state index is 11.1. The molecule has 0 aliphatic carbocycles. The van der Waals surface area contributed by atoms with Gasteiger partial charge < -0.3 is 4.90 Å². The van der Waals surface area contributed by atoms with Crippen LogP contribution in [0.15, 0.2) is 48.7 Å². The number of benzene rings is 1. The van der Waals surface area contributed by atoms with Crippen LogP contribution in [0.5, 0.6) is 0 Å². The molecule has 1 aromatic heterocycles. The number of anilines is 1. The van der Waals surface area contributed by atoms with E-state index in [1.165, 1.54) is 0 Å². The summed E-state index contributed by atoms with van der Waals surface area (Å²) in [5.41, 5.74) is 1.95. The van der Waals surface area contributed by atoms with Gasteiger partial charge in [-0.1, -0.05) is 18.2 Å². The molecule has 0 saturated carbocycles. The number of hydrogen-bond donors (Lipinski definition) is 0. The van der Waals surface area contributed by atoms with E-state index >= 15 is 0 Å². The number of pyridine rings is 1. The van der Waals surface area contributed by atoms with Gasteiger partial charge in [0.2, 0.25) is 0 Å². The van der Waals surface area contributed by atoms with E-state index < -0.39 is 0 Å². The largest absolute Gasteiger partial charge is 0.363 e. The molecule has 3 rings (SSSR count). The molecule has 22 heavy (non-hydrogen) atoms. The second kappa shape index (κ2) is 6.53. The number of rotatable bonds is 4. The van der Waals surface area contributed by atoms with E-state index in [0.29, 0.717) is 5.69 Å². The predicted molar refractivity (Wildman–Crippen MR) is 84.8 cm³/mol. The molecule has 0 unspecified atom stereocenters. The van der Waals surface area contributed by atoms with Gasteiger partial charge in [0.05, 0.1) is 10.6 Å². The van der Waals surface area contributed by atoms with E-state index in [2.05, 4.69) is 14.8 Å². The van der Waals surface area contributed by atoms with E-state index in [0.717, 1.165) is 38.4 Å². The lowest BCUT2D eigenvalue weighted by Crippen LogP contribution is -2.46. The number of nitro benzene ring substituents is 1. The molecular formula is C16H18N4O2. The zero-order valence-electron chi connectivity index (χ0n) is 12.3. The van der Waals surface area contributed by atoms with E-state index in [1.807, 2.05) is 30.3 Å². The number of piperazine rings is 1. The molecule has 2 heterocycles. The average Bonchev–Trinajstić information content (AvgIpc) is 2.56. The van der Waals surface area contributed by atoms with E-state index in [9.17, 15) is 10.1 Å². The second-order valence-corrected chi connectivity index (χ2v) is 5.33. The molecule has 6 nitrogen and oxygen atoms in total. The lowest BCUT2D eigenvalue weighted by atomic mass is 10.2. The summed E-state index contributed by atoms with van der Waals surface area (Å²) in [7, 11) is 0. The summed E-state index contributed by atoms with van der Waals surface area (Å²) in [4.78, 5) is 19.6. The molecule has 0 spiro atoms. The third-order valence-corrected chi connectivity index (χ3v) is 3.90. The predicted octanol–water partition coefficient (Wildman–Crippen LogP) is 2.31. The summed E-state index contributed by atoms with van der Waals surface area (Å²) >= 11 is 0. The summed E-state index contributed by atoms with van der Waals surface area (Å²) in [5, 5.41) is 11.1. The van der Waals surface area contributed by atoms with Gasteiger partial charge in [-0.3, -0.25) is 20.0 Å². The monoisotopic (exact) mass is 298 g/mol. The fourth-order valence-corrected chi connectivity index (χ4v) is 2.75. The number of para-hydroxylation sites is 2. The van der Waals surface area contributed by atoms with Crippen LogP contribution < -0.4 is 4.90 Å². The van der Waals surface area contributed by atoms with E-state index in [1.54, 1.807) is 18.3 Å². The van der Waals surface area contributed by atoms with Crippen LogP contribution >= 0.6 is 0 Å². The summed E-state index contributed by atoms with van der Waals surface area (Å²) in [6, 6.07) is 12.9. The fourth-order valence-electron chi connectivity index (χ4n) is 2.75. The van der Waals surface area contributed by atoms with Crippen molar-refractivity contribution in [2.24, 2.45) is 0 Å². The van der Waals surface area contributed by atoms with Crippen molar-refractivity contribution in [1.82, 2.24) is 9.88 Å². The zero-order chi connectivity index (χ0) is 15.4. The van der Waals surface area contributed by atoms with Crippen LogP contribution in [-0.2, 0) is 6.54 Å². The fraction of sp³-hybridized carbons (Fsp3) is 0.312. The highest BCUT2D eigenvalue weighted by molar-refractivity contribution is 5.63. The third kappa shape index (κ3) is 3.23. The van der Waals surface area contributed by atoms with Crippen molar-refractivity contribution in [1.29, 1.82) is 0 Å². The molecule has 1 aromatic carbocycles. The number of nitro groups is 1. The quantitative estimate of drug-likeness (QED) is 0.640. The lowest BCUT2D eigenvalue weighted by Gasteiger charge is -2.35. The topological polar surface area (TPSA) is 62.5 Å². The van der Waals surface area contributed by atoms with Gasteiger partial charge in [-0.05, 0) is 18.2 Å². The van der Waals surface area contributed by atoms with E-state index in [-0.39, 0.29) is 10.6 Å². The van der Waals surface area contributed by atoms with E-state index in [4.69, 9.17) is 0 Å². The van der Waals surface area contributed by atoms with Gasteiger partial charge in [-0.15, -0.1) is 0 Å². The number of hydrogen-bond acceptors (Lipinski definition) is 5. The Morgan fingerprint density at radius 2 is 1.77 bits per heavy atom. The van der Waals surface area contributed by atoms with Crippen molar-refractivity contribution in [2.75, 3.05) is 31.1 Å². The Morgan fingerprint density at radius 1 is 1.05 bits per heavy atom. The van der Waals surface area contributed by atoms with Crippen LogP contribution in [0.25, 0.3) is 0 Å². The molecule has 0 radical (unpaired) electrons. The van der Waals surface area contributed by atoms with Crippen molar-refractivity contribution in [2.45, 2.75) is 6.54 Å². The highest BCUT2D eigenvalue weighted by Crippen LogP contribution is 2.28. The third-order valence-electron chi connectivity index (χ3n) is 3.90. The lowest BCUT2D eigenvalue weighted by molar-refractivity contribution is -0.384. The van der Waals surface area contributed by atoms with Crippen molar-refractivity contribution in [3.8, 4) is 0 Å². The Kier molecular flexibility index (Phi) is 4.29. The Morgan fingerprint density at radius 3 is 2.45 bits per heavy atom. The highest BCUT2D eigenvalue weighted by Gasteiger charge is 2.23. The van der Waals surface area contributed by atoms with Gasteiger partial charge in [0, 0.05) is 45.0 Å². The van der Waals surface area contributed by atoms with Crippen molar-refractivity contribution in [3.05, 3.63) is 64.5 Å². The Labute approximate surface area is 129 Å². The average molecular weight is 298 g/mol. The molecule has 1 aliphatic heterocycles. The summed E-state index contributed by atoms with van der Waals surface area (Å²) < 4.78 is 0. The van der Waals surface area contributed by atoms with Crippen molar-refractivity contribution in [3.63, 3.8) is 0 Å². The molecule has 0 N–H and O–H groups in total. The molecule has 0 atom stereocenters. The number of nitrogens with zero attached hydrogens (tertiary/aromatic N) is 4. The minimum atomic E-state index is -0.310. The molecule has 0 amide bonds. The van der Waals surface area contributed by atoms with Crippen LogP contribution in [0.4, 0.5) is 11.4 Å². The van der Waals surface area contributed by atoms with Crippen LogP contribution in [0.3, 0.4) is 0 Å². The smallest absolute Gasteiger partial charge is 0.292 e. The molecule has 114 valence electrons. The maximum absolute atomic E-state index is 11.1. The minimum absolute atomic E-state index is 0.181. The van der Waals surface area contributed by atoms with Gasteiger partial charge in [0.25, 0.3) is 5.69 Å². The number of aromatic nitrogens is 1. The highest BCUT2D eigenvalue weighted by atomic mass is 16.6. The minimum Gasteiger partial charge on any atom is -0.363 e. The Bertz CT molecular complexity index is 640. The van der Waals surface area contributed by atoms with Gasteiger partial charge >= 0.3 is 0 Å². The van der Waals surface area contributed by atoms with Gasteiger partial charge in [0.15, 0.2) is 0 Å². The first kappa shape index (κ1) is 14.5. The first-order valence-corrected chi connectivity index (χ1v) is 7.34. The standard InChI is InChI=1S/C16H18N4O2/c21-20(22)16-7-2-1-6-15(16)19-11-9-18(10-12-19)13-14-5-3-4-8-17-14/h1-8H,9-13H2.